The van der Waals surface area contributed by atoms with E-state index in [1.807, 2.05) is 0 Å². The van der Waals surface area contributed by atoms with E-state index in [1.54, 1.807) is 17.5 Å². The van der Waals surface area contributed by atoms with E-state index in [2.05, 4.69) is 5.32 Å². The SMILES string of the molecule is O=C(CCc1scc2c1CN(C1CCC(=O)NC1=O)C2=O)Cc1ccc(F)cc1. The summed E-state index contributed by atoms with van der Waals surface area (Å²) in [5.74, 6) is -1.23. The highest BCUT2D eigenvalue weighted by Crippen LogP contribution is 2.34. The Morgan fingerprint density at radius 1 is 1.21 bits per heavy atom. The molecular formula is C21H19FN2O4S. The van der Waals surface area contributed by atoms with Gasteiger partial charge in [0.1, 0.15) is 17.6 Å². The molecule has 150 valence electrons. The van der Waals surface area contributed by atoms with Crippen LogP contribution in [0.25, 0.3) is 0 Å². The largest absolute Gasteiger partial charge is 0.322 e. The van der Waals surface area contributed by atoms with Gasteiger partial charge in [0, 0.05) is 36.1 Å². The third-order valence-electron chi connectivity index (χ3n) is 5.33. The molecule has 0 bridgehead atoms. The van der Waals surface area contributed by atoms with Crippen LogP contribution in [-0.2, 0) is 33.8 Å². The number of piperidine rings is 1. The van der Waals surface area contributed by atoms with Crippen molar-refractivity contribution in [3.8, 4) is 0 Å². The molecule has 1 atom stereocenters. The summed E-state index contributed by atoms with van der Waals surface area (Å²) < 4.78 is 13.0. The van der Waals surface area contributed by atoms with Gasteiger partial charge >= 0.3 is 0 Å². The van der Waals surface area contributed by atoms with Crippen molar-refractivity contribution in [3.63, 3.8) is 0 Å². The van der Waals surface area contributed by atoms with Gasteiger partial charge in [-0.15, -0.1) is 11.3 Å². The van der Waals surface area contributed by atoms with Crippen molar-refractivity contribution in [2.24, 2.45) is 0 Å². The van der Waals surface area contributed by atoms with Crippen molar-refractivity contribution in [1.29, 1.82) is 0 Å². The van der Waals surface area contributed by atoms with Crippen molar-refractivity contribution in [1.82, 2.24) is 10.2 Å². The number of amides is 3. The van der Waals surface area contributed by atoms with Crippen LogP contribution in [0, 0.1) is 5.82 Å². The Bertz CT molecular complexity index is 999. The smallest absolute Gasteiger partial charge is 0.256 e. The molecule has 0 saturated carbocycles. The van der Waals surface area contributed by atoms with Crippen LogP contribution in [0.1, 0.15) is 45.6 Å². The van der Waals surface area contributed by atoms with Gasteiger partial charge in [-0.3, -0.25) is 24.5 Å². The first-order chi connectivity index (χ1) is 13.9. The number of benzene rings is 1. The Morgan fingerprint density at radius 2 is 1.97 bits per heavy atom. The number of nitrogens with zero attached hydrogens (tertiary/aromatic N) is 1. The molecule has 1 saturated heterocycles. The third-order valence-corrected chi connectivity index (χ3v) is 6.42. The van der Waals surface area contributed by atoms with Crippen LogP contribution in [0.2, 0.25) is 0 Å². The van der Waals surface area contributed by atoms with Gasteiger partial charge in [0.25, 0.3) is 5.91 Å². The zero-order valence-electron chi connectivity index (χ0n) is 15.6. The number of nitrogens with one attached hydrogen (secondary N) is 1. The average molecular weight is 414 g/mol. The standard InChI is InChI=1S/C21H19FN2O4S/c22-13-3-1-12(2-4-13)9-14(25)5-7-18-15-10-24(21(28)16(15)11-29-18)17-6-8-19(26)23-20(17)27/h1-4,11,17H,5-10H2,(H,23,26,27). The van der Waals surface area contributed by atoms with E-state index in [-0.39, 0.29) is 36.3 Å². The number of hydrogen-bond donors (Lipinski definition) is 1. The second kappa shape index (κ2) is 7.87. The van der Waals surface area contributed by atoms with E-state index < -0.39 is 11.9 Å². The fraction of sp³-hybridized carbons (Fsp3) is 0.333. The number of carbonyl (C=O) groups excluding carboxylic acids is 4. The molecule has 0 spiro atoms. The van der Waals surface area contributed by atoms with Crippen LogP contribution in [0.3, 0.4) is 0 Å². The fourth-order valence-electron chi connectivity index (χ4n) is 3.78. The normalized spacial score (nSPS) is 18.7. The van der Waals surface area contributed by atoms with Crippen molar-refractivity contribution >= 4 is 34.8 Å². The minimum Gasteiger partial charge on any atom is -0.322 e. The number of halogens is 1. The molecule has 1 N–H and O–H groups in total. The van der Waals surface area contributed by atoms with E-state index in [9.17, 15) is 23.6 Å². The van der Waals surface area contributed by atoms with Gasteiger partial charge in [0.05, 0.1) is 5.56 Å². The van der Waals surface area contributed by atoms with E-state index >= 15 is 0 Å². The highest BCUT2D eigenvalue weighted by Gasteiger charge is 2.40. The molecule has 0 radical (unpaired) electrons. The van der Waals surface area contributed by atoms with E-state index in [0.717, 1.165) is 16.0 Å². The quantitative estimate of drug-likeness (QED) is 0.736. The molecule has 1 fully saturated rings. The van der Waals surface area contributed by atoms with Gasteiger partial charge < -0.3 is 4.90 Å². The lowest BCUT2D eigenvalue weighted by molar-refractivity contribution is -0.137. The molecule has 4 rings (SSSR count). The zero-order chi connectivity index (χ0) is 20.5. The predicted molar refractivity (Wildman–Crippen MR) is 104 cm³/mol. The minimum absolute atomic E-state index is 0.0464. The zero-order valence-corrected chi connectivity index (χ0v) is 16.4. The lowest BCUT2D eigenvalue weighted by Gasteiger charge is -2.29. The summed E-state index contributed by atoms with van der Waals surface area (Å²) in [6.07, 6.45) is 1.65. The topological polar surface area (TPSA) is 83.6 Å². The number of aryl methyl sites for hydroxylation is 1. The molecule has 2 aromatic rings. The summed E-state index contributed by atoms with van der Waals surface area (Å²) in [6.45, 7) is 0.325. The van der Waals surface area contributed by atoms with Crippen LogP contribution < -0.4 is 5.32 Å². The fourth-order valence-corrected chi connectivity index (χ4v) is 4.82. The highest BCUT2D eigenvalue weighted by molar-refractivity contribution is 7.10. The molecule has 2 aliphatic heterocycles. The van der Waals surface area contributed by atoms with Crippen LogP contribution in [0.15, 0.2) is 29.6 Å². The van der Waals surface area contributed by atoms with Gasteiger partial charge in [-0.1, -0.05) is 12.1 Å². The summed E-state index contributed by atoms with van der Waals surface area (Å²) in [4.78, 5) is 51.0. The Balaban J connectivity index is 1.39. The summed E-state index contributed by atoms with van der Waals surface area (Å²) in [7, 11) is 0. The molecule has 29 heavy (non-hydrogen) atoms. The Morgan fingerprint density at radius 3 is 2.69 bits per heavy atom. The van der Waals surface area contributed by atoms with Crippen molar-refractivity contribution < 1.29 is 23.6 Å². The maximum absolute atomic E-state index is 13.0. The molecule has 8 heteroatoms. The predicted octanol–water partition coefficient (Wildman–Crippen LogP) is 2.39. The summed E-state index contributed by atoms with van der Waals surface area (Å²) in [5.41, 5.74) is 2.23. The van der Waals surface area contributed by atoms with Crippen LogP contribution in [0.5, 0.6) is 0 Å². The molecule has 2 aliphatic rings. The first-order valence-electron chi connectivity index (χ1n) is 9.42. The number of rotatable bonds is 6. The number of imide groups is 1. The van der Waals surface area contributed by atoms with Gasteiger partial charge in [0.2, 0.25) is 11.8 Å². The van der Waals surface area contributed by atoms with Crippen LogP contribution in [-0.4, -0.2) is 34.4 Å². The lowest BCUT2D eigenvalue weighted by atomic mass is 10.0. The molecule has 1 unspecified atom stereocenters. The maximum atomic E-state index is 13.0. The van der Waals surface area contributed by atoms with Gasteiger partial charge in [-0.25, -0.2) is 4.39 Å². The van der Waals surface area contributed by atoms with Gasteiger partial charge in [-0.2, -0.15) is 0 Å². The van der Waals surface area contributed by atoms with Gasteiger partial charge in [-0.05, 0) is 36.1 Å². The summed E-state index contributed by atoms with van der Waals surface area (Å²) >= 11 is 1.45. The summed E-state index contributed by atoms with van der Waals surface area (Å²) in [5, 5.41) is 4.07. The number of Topliss-reactive ketones (excluding diaryl/α,β-unsaturated/α-hetero) is 1. The number of hydrogen-bond acceptors (Lipinski definition) is 5. The average Bonchev–Trinajstić information content (AvgIpc) is 3.22. The van der Waals surface area contributed by atoms with Crippen LogP contribution in [0.4, 0.5) is 4.39 Å². The van der Waals surface area contributed by atoms with Gasteiger partial charge in [0.15, 0.2) is 0 Å². The van der Waals surface area contributed by atoms with E-state index in [1.165, 1.54) is 28.4 Å². The van der Waals surface area contributed by atoms with E-state index in [4.69, 9.17) is 0 Å². The molecule has 3 amide bonds. The monoisotopic (exact) mass is 414 g/mol. The molecule has 3 heterocycles. The second-order valence-electron chi connectivity index (χ2n) is 7.29. The number of carbonyl (C=O) groups is 4. The van der Waals surface area contributed by atoms with Crippen LogP contribution >= 0.6 is 11.3 Å². The number of thiophene rings is 1. The first kappa shape index (κ1) is 19.4. The van der Waals surface area contributed by atoms with Crippen molar-refractivity contribution in [2.75, 3.05) is 0 Å². The maximum Gasteiger partial charge on any atom is 0.256 e. The molecule has 0 aliphatic carbocycles. The van der Waals surface area contributed by atoms with Crippen molar-refractivity contribution in [3.05, 3.63) is 57.0 Å². The van der Waals surface area contributed by atoms with Crippen molar-refractivity contribution in [2.45, 2.75) is 44.7 Å². The highest BCUT2D eigenvalue weighted by atomic mass is 32.1. The molecule has 6 nitrogen and oxygen atoms in total. The second-order valence-corrected chi connectivity index (χ2v) is 8.26. The minimum atomic E-state index is -0.634. The third kappa shape index (κ3) is 3.98. The Labute approximate surface area is 170 Å². The molecule has 1 aromatic heterocycles. The van der Waals surface area contributed by atoms with E-state index in [0.29, 0.717) is 31.4 Å². The molecular weight excluding hydrogens is 395 g/mol. The Hall–Kier alpha value is -2.87. The lowest BCUT2D eigenvalue weighted by Crippen LogP contribution is -2.52. The number of fused-ring (bicyclic) bond motifs is 1. The Kier molecular flexibility index (Phi) is 5.27. The first-order valence-corrected chi connectivity index (χ1v) is 10.3. The summed E-state index contributed by atoms with van der Waals surface area (Å²) in [6, 6.07) is 5.25. The number of ketones is 1. The molecule has 1 aromatic carbocycles.